The highest BCUT2D eigenvalue weighted by molar-refractivity contribution is 6.33. The molecule has 0 radical (unpaired) electrons. The molecule has 5 nitrogen and oxygen atoms in total. The van der Waals surface area contributed by atoms with Crippen molar-refractivity contribution in [3.63, 3.8) is 0 Å². The minimum absolute atomic E-state index is 0.316. The van der Waals surface area contributed by atoms with Gasteiger partial charge in [0.1, 0.15) is 0 Å². The summed E-state index contributed by atoms with van der Waals surface area (Å²) in [6.45, 7) is 1.02. The van der Waals surface area contributed by atoms with Gasteiger partial charge in [-0.25, -0.2) is 4.79 Å². The van der Waals surface area contributed by atoms with E-state index in [0.29, 0.717) is 36.6 Å². The second-order valence-electron chi connectivity index (χ2n) is 3.29. The molecule has 0 aliphatic rings. The second kappa shape index (κ2) is 7.51. The van der Waals surface area contributed by atoms with Gasteiger partial charge in [-0.1, -0.05) is 23.7 Å². The van der Waals surface area contributed by atoms with Crippen molar-refractivity contribution in [1.82, 2.24) is 10.6 Å². The van der Waals surface area contributed by atoms with Crippen LogP contribution in [0.25, 0.3) is 0 Å². The number of anilines is 1. The molecule has 0 spiro atoms. The molecule has 0 saturated heterocycles. The van der Waals surface area contributed by atoms with Crippen molar-refractivity contribution < 1.29 is 9.59 Å². The summed E-state index contributed by atoms with van der Waals surface area (Å²) in [4.78, 5) is 21.4. The Labute approximate surface area is 105 Å². The van der Waals surface area contributed by atoms with Gasteiger partial charge in [-0.05, 0) is 18.6 Å². The monoisotopic (exact) mass is 255 g/mol. The number of para-hydroxylation sites is 1. The van der Waals surface area contributed by atoms with Crippen molar-refractivity contribution in [3.8, 4) is 0 Å². The molecular weight excluding hydrogens is 242 g/mol. The average molecular weight is 256 g/mol. The molecule has 3 amide bonds. The third kappa shape index (κ3) is 5.21. The van der Waals surface area contributed by atoms with Gasteiger partial charge in [0.15, 0.2) is 0 Å². The molecule has 0 atom stereocenters. The summed E-state index contributed by atoms with van der Waals surface area (Å²) in [6, 6.07) is 6.68. The van der Waals surface area contributed by atoms with Gasteiger partial charge in [-0.3, -0.25) is 4.79 Å². The number of carbonyl (C=O) groups is 2. The largest absolute Gasteiger partial charge is 0.359 e. The number of urea groups is 1. The lowest BCUT2D eigenvalue weighted by atomic mass is 10.3. The molecular formula is C11H14ClN3O2. The van der Waals surface area contributed by atoms with Gasteiger partial charge in [-0.2, -0.15) is 0 Å². The van der Waals surface area contributed by atoms with E-state index in [1.165, 1.54) is 0 Å². The zero-order valence-corrected chi connectivity index (χ0v) is 9.96. The number of amides is 3. The first-order chi connectivity index (χ1) is 8.24. The van der Waals surface area contributed by atoms with Gasteiger partial charge < -0.3 is 16.0 Å². The molecule has 6 heteroatoms. The number of benzene rings is 1. The average Bonchev–Trinajstić information content (AvgIpc) is 2.32. The highest BCUT2D eigenvalue weighted by Crippen LogP contribution is 2.19. The van der Waals surface area contributed by atoms with Crippen LogP contribution in [-0.2, 0) is 4.79 Å². The minimum atomic E-state index is -0.316. The molecule has 0 saturated carbocycles. The predicted octanol–water partition coefficient (Wildman–Crippen LogP) is 1.60. The van der Waals surface area contributed by atoms with Gasteiger partial charge in [0, 0.05) is 13.1 Å². The first-order valence-corrected chi connectivity index (χ1v) is 5.58. The molecule has 0 aromatic heterocycles. The van der Waals surface area contributed by atoms with E-state index in [9.17, 15) is 9.59 Å². The highest BCUT2D eigenvalue weighted by Gasteiger charge is 2.03. The number of halogens is 1. The van der Waals surface area contributed by atoms with Gasteiger partial charge in [-0.15, -0.1) is 0 Å². The number of nitrogens with one attached hydrogen (secondary N) is 3. The molecule has 0 heterocycles. The fourth-order valence-electron chi connectivity index (χ4n) is 1.18. The standard InChI is InChI=1S/C11H14ClN3O2/c12-9-4-1-2-5-10(9)15-11(17)14-7-3-6-13-8-16/h1-2,4-5,8H,3,6-7H2,(H,13,16)(H2,14,15,17). The zero-order valence-electron chi connectivity index (χ0n) is 9.20. The molecule has 0 unspecified atom stereocenters. The molecule has 17 heavy (non-hydrogen) atoms. The van der Waals surface area contributed by atoms with Crippen LogP contribution in [0, 0.1) is 0 Å². The molecule has 92 valence electrons. The lowest BCUT2D eigenvalue weighted by Crippen LogP contribution is -2.31. The van der Waals surface area contributed by atoms with Gasteiger partial charge in [0.25, 0.3) is 0 Å². The van der Waals surface area contributed by atoms with Crippen molar-refractivity contribution in [1.29, 1.82) is 0 Å². The maximum atomic E-state index is 11.4. The van der Waals surface area contributed by atoms with E-state index in [0.717, 1.165) is 0 Å². The minimum Gasteiger partial charge on any atom is -0.359 e. The Balaban J connectivity index is 2.25. The molecule has 1 aromatic rings. The maximum Gasteiger partial charge on any atom is 0.319 e. The summed E-state index contributed by atoms with van der Waals surface area (Å²) in [6.07, 6.45) is 1.30. The van der Waals surface area contributed by atoms with Crippen LogP contribution in [0.3, 0.4) is 0 Å². The Hall–Kier alpha value is -1.75. The summed E-state index contributed by atoms with van der Waals surface area (Å²) in [5.74, 6) is 0. The quantitative estimate of drug-likeness (QED) is 0.534. The smallest absolute Gasteiger partial charge is 0.319 e. The molecule has 0 aliphatic heterocycles. The van der Waals surface area contributed by atoms with Crippen molar-refractivity contribution in [2.45, 2.75) is 6.42 Å². The molecule has 0 bridgehead atoms. The van der Waals surface area contributed by atoms with Crippen LogP contribution in [0.15, 0.2) is 24.3 Å². The topological polar surface area (TPSA) is 70.2 Å². The summed E-state index contributed by atoms with van der Waals surface area (Å²) < 4.78 is 0. The van der Waals surface area contributed by atoms with Gasteiger partial charge in [0.2, 0.25) is 6.41 Å². The Bertz CT molecular complexity index is 385. The van der Waals surface area contributed by atoms with Crippen LogP contribution in [0.2, 0.25) is 5.02 Å². The lowest BCUT2D eigenvalue weighted by Gasteiger charge is -2.08. The molecule has 1 aromatic carbocycles. The van der Waals surface area contributed by atoms with E-state index < -0.39 is 0 Å². The van der Waals surface area contributed by atoms with Crippen molar-refractivity contribution in [3.05, 3.63) is 29.3 Å². The van der Waals surface area contributed by atoms with Crippen molar-refractivity contribution in [2.75, 3.05) is 18.4 Å². The summed E-state index contributed by atoms with van der Waals surface area (Å²) in [7, 11) is 0. The first-order valence-electron chi connectivity index (χ1n) is 5.20. The van der Waals surface area contributed by atoms with Crippen LogP contribution >= 0.6 is 11.6 Å². The van der Waals surface area contributed by atoms with Gasteiger partial charge in [0.05, 0.1) is 10.7 Å². The third-order valence-corrected chi connectivity index (χ3v) is 2.32. The van der Waals surface area contributed by atoms with Crippen LogP contribution in [0.4, 0.5) is 10.5 Å². The van der Waals surface area contributed by atoms with Crippen LogP contribution in [0.1, 0.15) is 6.42 Å². The van der Waals surface area contributed by atoms with E-state index in [1.807, 2.05) is 0 Å². The lowest BCUT2D eigenvalue weighted by molar-refractivity contribution is -0.109. The fraction of sp³-hybridized carbons (Fsp3) is 0.273. The SMILES string of the molecule is O=CNCCCNC(=O)Nc1ccccc1Cl. The molecule has 0 aliphatic carbocycles. The van der Waals surface area contributed by atoms with Crippen molar-refractivity contribution in [2.24, 2.45) is 0 Å². The summed E-state index contributed by atoms with van der Waals surface area (Å²) >= 11 is 5.88. The molecule has 0 fully saturated rings. The predicted molar refractivity (Wildman–Crippen MR) is 67.2 cm³/mol. The maximum absolute atomic E-state index is 11.4. The number of hydrogen-bond donors (Lipinski definition) is 3. The second-order valence-corrected chi connectivity index (χ2v) is 3.69. The van der Waals surface area contributed by atoms with Crippen LogP contribution in [0.5, 0.6) is 0 Å². The fourth-order valence-corrected chi connectivity index (χ4v) is 1.36. The Morgan fingerprint density at radius 1 is 1.29 bits per heavy atom. The van der Waals surface area contributed by atoms with Crippen LogP contribution < -0.4 is 16.0 Å². The van der Waals surface area contributed by atoms with Crippen molar-refractivity contribution >= 4 is 29.7 Å². The van der Waals surface area contributed by atoms with E-state index in [-0.39, 0.29) is 6.03 Å². The first kappa shape index (κ1) is 13.3. The normalized spacial score (nSPS) is 9.47. The van der Waals surface area contributed by atoms with E-state index >= 15 is 0 Å². The number of rotatable bonds is 6. The number of hydrogen-bond acceptors (Lipinski definition) is 2. The Kier molecular flexibility index (Phi) is 5.88. The Morgan fingerprint density at radius 3 is 2.76 bits per heavy atom. The van der Waals surface area contributed by atoms with E-state index in [2.05, 4.69) is 16.0 Å². The Morgan fingerprint density at radius 2 is 2.06 bits per heavy atom. The molecule has 1 rings (SSSR count). The summed E-state index contributed by atoms with van der Waals surface area (Å²) in [5.41, 5.74) is 0.567. The highest BCUT2D eigenvalue weighted by atomic mass is 35.5. The van der Waals surface area contributed by atoms with E-state index in [1.54, 1.807) is 24.3 Å². The summed E-state index contributed by atoms with van der Waals surface area (Å²) in [5, 5.41) is 8.28. The van der Waals surface area contributed by atoms with Gasteiger partial charge >= 0.3 is 6.03 Å². The third-order valence-electron chi connectivity index (χ3n) is 1.99. The zero-order chi connectivity index (χ0) is 12.5. The van der Waals surface area contributed by atoms with Crippen LogP contribution in [-0.4, -0.2) is 25.5 Å². The van der Waals surface area contributed by atoms with E-state index in [4.69, 9.17) is 11.6 Å². The molecule has 3 N–H and O–H groups in total. The number of carbonyl (C=O) groups excluding carboxylic acids is 2.